The molecule has 1 amide bonds. The summed E-state index contributed by atoms with van der Waals surface area (Å²) >= 11 is 6.00. The molecule has 4 nitrogen and oxygen atoms in total. The van der Waals surface area contributed by atoms with Crippen molar-refractivity contribution in [3.05, 3.63) is 64.6 Å². The second-order valence-electron chi connectivity index (χ2n) is 5.31. The van der Waals surface area contributed by atoms with Crippen molar-refractivity contribution in [2.45, 2.75) is 19.8 Å². The second kappa shape index (κ2) is 6.57. The number of halogens is 3. The maximum atomic E-state index is 13.8. The van der Waals surface area contributed by atoms with Crippen molar-refractivity contribution in [1.29, 1.82) is 0 Å². The molecule has 0 aliphatic rings. The van der Waals surface area contributed by atoms with Crippen molar-refractivity contribution in [2.24, 2.45) is 0 Å². The monoisotopic (exact) mass is 349 g/mol. The van der Waals surface area contributed by atoms with Gasteiger partial charge in [0.2, 0.25) is 0 Å². The van der Waals surface area contributed by atoms with Crippen LogP contribution in [-0.4, -0.2) is 15.3 Å². The van der Waals surface area contributed by atoms with Crippen LogP contribution in [0.2, 0.25) is 5.02 Å². The predicted octanol–water partition coefficient (Wildman–Crippen LogP) is 4.47. The molecule has 7 heteroatoms. The number of fused-ring (bicyclic) bond motifs is 1. The fraction of sp³-hybridized carbons (Fsp3) is 0.176. The molecule has 0 radical (unpaired) electrons. The van der Waals surface area contributed by atoms with Crippen molar-refractivity contribution in [1.82, 2.24) is 9.38 Å². The molecule has 0 aliphatic heterocycles. The van der Waals surface area contributed by atoms with Crippen LogP contribution in [0.3, 0.4) is 0 Å². The Balaban J connectivity index is 2.04. The van der Waals surface area contributed by atoms with Gasteiger partial charge in [-0.05, 0) is 30.7 Å². The number of nitrogens with zero attached hydrogens (tertiary/aromatic N) is 2. The van der Waals surface area contributed by atoms with Gasteiger partial charge in [-0.15, -0.1) is 0 Å². The molecule has 2 aromatic heterocycles. The number of aryl methyl sites for hydroxylation is 1. The van der Waals surface area contributed by atoms with Gasteiger partial charge in [-0.25, -0.2) is 13.8 Å². The number of rotatable bonds is 4. The first kappa shape index (κ1) is 16.4. The molecule has 1 aromatic carbocycles. The number of carbonyl (C=O) groups is 1. The fourth-order valence-corrected chi connectivity index (χ4v) is 2.65. The third-order valence-electron chi connectivity index (χ3n) is 3.54. The van der Waals surface area contributed by atoms with Crippen LogP contribution in [0, 0.1) is 11.6 Å². The molecule has 24 heavy (non-hydrogen) atoms. The standard InChI is InChI=1S/C17H14ClF2N3O/c1-2-3-14-16(23-9-10(18)4-7-15(23)21-14)17(24)22-13-6-5-11(19)8-12(13)20/h4-9H,2-3H2,1H3,(H,22,24). The highest BCUT2D eigenvalue weighted by Gasteiger charge is 2.20. The zero-order chi connectivity index (χ0) is 17.3. The van der Waals surface area contributed by atoms with Crippen LogP contribution in [0.5, 0.6) is 0 Å². The van der Waals surface area contributed by atoms with E-state index in [1.165, 1.54) is 6.07 Å². The van der Waals surface area contributed by atoms with E-state index in [1.807, 2.05) is 6.92 Å². The lowest BCUT2D eigenvalue weighted by atomic mass is 10.2. The Kier molecular flexibility index (Phi) is 4.49. The zero-order valence-electron chi connectivity index (χ0n) is 12.8. The van der Waals surface area contributed by atoms with E-state index in [2.05, 4.69) is 10.3 Å². The van der Waals surface area contributed by atoms with Gasteiger partial charge in [-0.2, -0.15) is 0 Å². The number of carbonyl (C=O) groups excluding carboxylic acids is 1. The number of benzene rings is 1. The van der Waals surface area contributed by atoms with Crippen molar-refractivity contribution < 1.29 is 13.6 Å². The van der Waals surface area contributed by atoms with Crippen LogP contribution < -0.4 is 5.32 Å². The number of aromatic nitrogens is 2. The van der Waals surface area contributed by atoms with Crippen molar-refractivity contribution in [3.63, 3.8) is 0 Å². The van der Waals surface area contributed by atoms with Crippen LogP contribution in [0.25, 0.3) is 5.65 Å². The molecule has 124 valence electrons. The van der Waals surface area contributed by atoms with Crippen LogP contribution in [0.4, 0.5) is 14.5 Å². The Morgan fingerprint density at radius 1 is 1.29 bits per heavy atom. The summed E-state index contributed by atoms with van der Waals surface area (Å²) in [6.07, 6.45) is 2.97. The maximum Gasteiger partial charge on any atom is 0.274 e. The van der Waals surface area contributed by atoms with E-state index in [-0.39, 0.29) is 11.4 Å². The van der Waals surface area contributed by atoms with Gasteiger partial charge >= 0.3 is 0 Å². The average molecular weight is 350 g/mol. The van der Waals surface area contributed by atoms with E-state index >= 15 is 0 Å². The smallest absolute Gasteiger partial charge is 0.274 e. The first-order valence-corrected chi connectivity index (χ1v) is 7.80. The SMILES string of the molecule is CCCc1nc2ccc(Cl)cn2c1C(=O)Nc1ccc(F)cc1F. The minimum atomic E-state index is -0.841. The van der Waals surface area contributed by atoms with Gasteiger partial charge in [0, 0.05) is 12.3 Å². The number of amides is 1. The first-order chi connectivity index (χ1) is 11.5. The Labute approximate surface area is 142 Å². The lowest BCUT2D eigenvalue weighted by Crippen LogP contribution is -2.17. The van der Waals surface area contributed by atoms with E-state index in [9.17, 15) is 13.6 Å². The minimum absolute atomic E-state index is 0.0965. The summed E-state index contributed by atoms with van der Waals surface area (Å²) in [5.74, 6) is -2.08. The molecule has 1 N–H and O–H groups in total. The third-order valence-corrected chi connectivity index (χ3v) is 3.76. The molecule has 0 fully saturated rings. The molecule has 3 rings (SSSR count). The second-order valence-corrected chi connectivity index (χ2v) is 5.75. The minimum Gasteiger partial charge on any atom is -0.318 e. The molecule has 0 spiro atoms. The summed E-state index contributed by atoms with van der Waals surface area (Å²) in [5.41, 5.74) is 1.37. The summed E-state index contributed by atoms with van der Waals surface area (Å²) in [4.78, 5) is 17.1. The molecule has 0 atom stereocenters. The normalized spacial score (nSPS) is 11.0. The van der Waals surface area contributed by atoms with Gasteiger partial charge in [-0.3, -0.25) is 9.20 Å². The highest BCUT2D eigenvalue weighted by molar-refractivity contribution is 6.30. The molecular weight excluding hydrogens is 336 g/mol. The van der Waals surface area contributed by atoms with Gasteiger partial charge in [0.25, 0.3) is 5.91 Å². The molecule has 2 heterocycles. The van der Waals surface area contributed by atoms with Crippen LogP contribution in [0.15, 0.2) is 36.5 Å². The summed E-state index contributed by atoms with van der Waals surface area (Å²) in [6, 6.07) is 6.36. The van der Waals surface area contributed by atoms with Crippen molar-refractivity contribution in [2.75, 3.05) is 5.32 Å². The van der Waals surface area contributed by atoms with E-state index in [0.717, 1.165) is 12.5 Å². The number of imidazole rings is 1. The van der Waals surface area contributed by atoms with Crippen molar-refractivity contribution >= 4 is 28.8 Å². The highest BCUT2D eigenvalue weighted by atomic mass is 35.5. The predicted molar refractivity (Wildman–Crippen MR) is 88.5 cm³/mol. The van der Waals surface area contributed by atoms with Gasteiger partial charge < -0.3 is 5.32 Å². The lowest BCUT2D eigenvalue weighted by Gasteiger charge is -2.08. The Bertz CT molecular complexity index is 924. The Morgan fingerprint density at radius 2 is 2.08 bits per heavy atom. The molecule has 0 bridgehead atoms. The fourth-order valence-electron chi connectivity index (χ4n) is 2.49. The van der Waals surface area contributed by atoms with Gasteiger partial charge in [0.05, 0.1) is 16.4 Å². The highest BCUT2D eigenvalue weighted by Crippen LogP contribution is 2.21. The summed E-state index contributed by atoms with van der Waals surface area (Å²) in [5, 5.41) is 2.91. The molecule has 0 saturated carbocycles. The van der Waals surface area contributed by atoms with Gasteiger partial charge in [-0.1, -0.05) is 24.9 Å². The Hall–Kier alpha value is -2.47. The first-order valence-electron chi connectivity index (χ1n) is 7.42. The largest absolute Gasteiger partial charge is 0.318 e. The van der Waals surface area contributed by atoms with Crippen LogP contribution in [-0.2, 0) is 6.42 Å². The number of pyridine rings is 1. The van der Waals surface area contributed by atoms with Gasteiger partial charge in [0.1, 0.15) is 23.0 Å². The van der Waals surface area contributed by atoms with Gasteiger partial charge in [0.15, 0.2) is 0 Å². The van der Waals surface area contributed by atoms with E-state index in [0.29, 0.717) is 28.9 Å². The topological polar surface area (TPSA) is 46.4 Å². The Morgan fingerprint density at radius 3 is 2.79 bits per heavy atom. The number of nitrogens with one attached hydrogen (secondary N) is 1. The van der Waals surface area contributed by atoms with E-state index in [4.69, 9.17) is 11.6 Å². The van der Waals surface area contributed by atoms with E-state index < -0.39 is 17.5 Å². The zero-order valence-corrected chi connectivity index (χ0v) is 13.6. The van der Waals surface area contributed by atoms with Crippen LogP contribution >= 0.6 is 11.6 Å². The average Bonchev–Trinajstić information content (AvgIpc) is 2.87. The molecule has 0 unspecified atom stereocenters. The molecule has 3 aromatic rings. The van der Waals surface area contributed by atoms with Crippen molar-refractivity contribution in [3.8, 4) is 0 Å². The lowest BCUT2D eigenvalue weighted by molar-refractivity contribution is 0.102. The van der Waals surface area contributed by atoms with Crippen LogP contribution in [0.1, 0.15) is 29.5 Å². The van der Waals surface area contributed by atoms with E-state index in [1.54, 1.807) is 22.7 Å². The maximum absolute atomic E-state index is 13.8. The summed E-state index contributed by atoms with van der Waals surface area (Å²) < 4.78 is 28.3. The molecule has 0 aliphatic carbocycles. The number of hydrogen-bond donors (Lipinski definition) is 1. The number of anilines is 1. The summed E-state index contributed by atoms with van der Waals surface area (Å²) in [6.45, 7) is 1.97. The molecular formula is C17H14ClF2N3O. The number of hydrogen-bond acceptors (Lipinski definition) is 2. The summed E-state index contributed by atoms with van der Waals surface area (Å²) in [7, 11) is 0. The quantitative estimate of drug-likeness (QED) is 0.755. The molecule has 0 saturated heterocycles. The third kappa shape index (κ3) is 3.10.